The second-order valence-corrected chi connectivity index (χ2v) is 9.77. The molecule has 0 atom stereocenters. The molecule has 4 aromatic rings. The monoisotopic (exact) mass is 483 g/mol. The Balaban J connectivity index is 1.76. The van der Waals surface area contributed by atoms with Crippen molar-refractivity contribution < 1.29 is 14.3 Å². The van der Waals surface area contributed by atoms with Crippen LogP contribution in [0.25, 0.3) is 28.1 Å². The van der Waals surface area contributed by atoms with Gasteiger partial charge in [-0.1, -0.05) is 36.8 Å². The predicted molar refractivity (Wildman–Crippen MR) is 136 cm³/mol. The van der Waals surface area contributed by atoms with E-state index in [1.807, 2.05) is 55.5 Å². The molecule has 2 heterocycles. The zero-order valence-corrected chi connectivity index (χ0v) is 19.8. The van der Waals surface area contributed by atoms with Crippen LogP contribution in [0.4, 0.5) is 4.39 Å². The van der Waals surface area contributed by atoms with Crippen LogP contribution in [0, 0.1) is 30.1 Å². The molecule has 0 bridgehead atoms. The van der Waals surface area contributed by atoms with Crippen LogP contribution in [-0.4, -0.2) is 21.3 Å². The van der Waals surface area contributed by atoms with E-state index in [9.17, 15) is 14.4 Å². The van der Waals surface area contributed by atoms with Gasteiger partial charge in [0.15, 0.2) is 0 Å². The number of carboxylic acids is 1. The lowest BCUT2D eigenvalue weighted by Gasteiger charge is -2.31. The van der Waals surface area contributed by atoms with Crippen molar-refractivity contribution in [3.05, 3.63) is 92.6 Å². The van der Waals surface area contributed by atoms with Gasteiger partial charge in [0.05, 0.1) is 10.9 Å². The summed E-state index contributed by atoms with van der Waals surface area (Å²) in [5, 5.41) is 25.3. The number of allylic oxidation sites excluding steroid dienone is 1. The molecular formula is C28H22FN3O2S. The number of nitrogens with zero attached hydrogens (tertiary/aromatic N) is 2. The summed E-state index contributed by atoms with van der Waals surface area (Å²) in [6.07, 6.45) is 5.92. The van der Waals surface area contributed by atoms with Crippen molar-refractivity contribution in [2.45, 2.75) is 26.2 Å². The first-order chi connectivity index (χ1) is 16.9. The highest BCUT2D eigenvalue weighted by Gasteiger charge is 2.29. The Labute approximate surface area is 205 Å². The van der Waals surface area contributed by atoms with Gasteiger partial charge in [-0.3, -0.25) is 5.10 Å². The van der Waals surface area contributed by atoms with Gasteiger partial charge in [-0.25, -0.2) is 4.79 Å². The molecule has 2 N–H and O–H groups in total. The van der Waals surface area contributed by atoms with E-state index in [0.29, 0.717) is 21.7 Å². The third-order valence-corrected chi connectivity index (χ3v) is 7.65. The Kier molecular flexibility index (Phi) is 6.06. The Morgan fingerprint density at radius 1 is 1.20 bits per heavy atom. The highest BCUT2D eigenvalue weighted by atomic mass is 32.1. The first kappa shape index (κ1) is 22.8. The van der Waals surface area contributed by atoms with Gasteiger partial charge in [0.25, 0.3) is 0 Å². The van der Waals surface area contributed by atoms with Crippen molar-refractivity contribution in [2.75, 3.05) is 0 Å². The third kappa shape index (κ3) is 4.41. The number of aliphatic carboxylic acids is 1. The van der Waals surface area contributed by atoms with E-state index in [0.717, 1.165) is 58.0 Å². The van der Waals surface area contributed by atoms with E-state index in [1.54, 1.807) is 6.08 Å². The van der Waals surface area contributed by atoms with E-state index in [1.165, 1.54) is 16.9 Å². The van der Waals surface area contributed by atoms with Crippen LogP contribution < -0.4 is 0 Å². The molecule has 1 aliphatic carbocycles. The van der Waals surface area contributed by atoms with Gasteiger partial charge in [0, 0.05) is 11.0 Å². The van der Waals surface area contributed by atoms with Gasteiger partial charge in [-0.15, -0.1) is 16.4 Å². The summed E-state index contributed by atoms with van der Waals surface area (Å²) in [5.74, 6) is -1.20. The number of nitrogens with one attached hydrogen (secondary N) is 1. The Morgan fingerprint density at radius 3 is 2.57 bits per heavy atom. The van der Waals surface area contributed by atoms with Gasteiger partial charge in [-0.2, -0.15) is 9.65 Å². The second-order valence-electron chi connectivity index (χ2n) is 8.72. The fourth-order valence-electron chi connectivity index (χ4n) is 4.55. The van der Waals surface area contributed by atoms with Crippen molar-refractivity contribution in [1.82, 2.24) is 10.2 Å². The SMILES string of the molecule is Cc1cc(C#N)sc1C(=C(c1ccc(C=CC(=O)O)cc1)c1ccc2[nH]nc(F)c2c1)C1CCC1. The summed E-state index contributed by atoms with van der Waals surface area (Å²) < 4.78 is 14.4. The number of aromatic amines is 1. The molecule has 1 aliphatic rings. The maximum Gasteiger partial charge on any atom is 0.328 e. The maximum absolute atomic E-state index is 14.4. The van der Waals surface area contributed by atoms with Crippen LogP contribution >= 0.6 is 11.3 Å². The molecule has 174 valence electrons. The molecule has 2 aromatic heterocycles. The van der Waals surface area contributed by atoms with E-state index >= 15 is 0 Å². The van der Waals surface area contributed by atoms with E-state index in [-0.39, 0.29) is 0 Å². The third-order valence-electron chi connectivity index (χ3n) is 6.48. The van der Waals surface area contributed by atoms with Crippen molar-refractivity contribution in [3.8, 4) is 6.07 Å². The quantitative estimate of drug-likeness (QED) is 0.295. The molecule has 0 saturated heterocycles. The van der Waals surface area contributed by atoms with Crippen molar-refractivity contribution in [2.24, 2.45) is 5.92 Å². The number of hydrogen-bond acceptors (Lipinski definition) is 4. The smallest absolute Gasteiger partial charge is 0.328 e. The largest absolute Gasteiger partial charge is 0.478 e. The number of nitriles is 1. The van der Waals surface area contributed by atoms with E-state index < -0.39 is 11.9 Å². The summed E-state index contributed by atoms with van der Waals surface area (Å²) in [7, 11) is 0. The number of H-pyrrole nitrogens is 1. The molecule has 5 rings (SSSR count). The fourth-order valence-corrected chi connectivity index (χ4v) is 5.65. The van der Waals surface area contributed by atoms with Crippen LogP contribution in [0.3, 0.4) is 0 Å². The molecule has 1 saturated carbocycles. The Hall–Kier alpha value is -4.02. The predicted octanol–water partition coefficient (Wildman–Crippen LogP) is 6.80. The van der Waals surface area contributed by atoms with E-state index in [4.69, 9.17) is 5.11 Å². The number of fused-ring (bicyclic) bond motifs is 1. The van der Waals surface area contributed by atoms with Crippen LogP contribution in [0.15, 0.2) is 54.6 Å². The number of aryl methyl sites for hydroxylation is 1. The first-order valence-corrected chi connectivity index (χ1v) is 12.2. The number of halogens is 1. The zero-order valence-electron chi connectivity index (χ0n) is 19.0. The molecule has 2 aromatic carbocycles. The summed E-state index contributed by atoms with van der Waals surface area (Å²) in [6, 6.07) is 17.5. The molecule has 0 unspecified atom stereocenters. The molecule has 7 heteroatoms. The number of benzene rings is 2. The minimum atomic E-state index is -1.00. The van der Waals surface area contributed by atoms with E-state index in [2.05, 4.69) is 16.3 Å². The number of rotatable bonds is 6. The van der Waals surface area contributed by atoms with Gasteiger partial charge in [0.2, 0.25) is 5.95 Å². The summed E-state index contributed by atoms with van der Waals surface area (Å²) >= 11 is 1.50. The lowest BCUT2D eigenvalue weighted by Crippen LogP contribution is -2.15. The average Bonchev–Trinajstić information content (AvgIpc) is 3.38. The van der Waals surface area contributed by atoms with Crippen LogP contribution in [0.1, 0.15) is 51.3 Å². The van der Waals surface area contributed by atoms with Gasteiger partial charge < -0.3 is 5.11 Å². The fraction of sp³-hybridized carbons (Fsp3) is 0.179. The number of thiophene rings is 1. The first-order valence-electron chi connectivity index (χ1n) is 11.3. The highest BCUT2D eigenvalue weighted by Crippen LogP contribution is 2.48. The van der Waals surface area contributed by atoms with Gasteiger partial charge in [-0.05, 0) is 83.4 Å². The van der Waals surface area contributed by atoms with Gasteiger partial charge >= 0.3 is 5.97 Å². The summed E-state index contributed by atoms with van der Waals surface area (Å²) in [5.41, 5.74) is 6.47. The average molecular weight is 484 g/mol. The van der Waals surface area contributed by atoms with Gasteiger partial charge in [0.1, 0.15) is 10.9 Å². The summed E-state index contributed by atoms with van der Waals surface area (Å²) in [6.45, 7) is 2.03. The number of carbonyl (C=O) groups is 1. The number of hydrogen-bond donors (Lipinski definition) is 2. The molecule has 5 nitrogen and oxygen atoms in total. The Bertz CT molecular complexity index is 1530. The lowest BCUT2D eigenvalue weighted by molar-refractivity contribution is -0.131. The lowest BCUT2D eigenvalue weighted by atomic mass is 9.74. The summed E-state index contributed by atoms with van der Waals surface area (Å²) in [4.78, 5) is 12.7. The molecule has 0 amide bonds. The zero-order chi connectivity index (χ0) is 24.5. The highest BCUT2D eigenvalue weighted by molar-refractivity contribution is 7.13. The molecule has 0 radical (unpaired) electrons. The van der Waals surface area contributed by atoms with Crippen LogP contribution in [-0.2, 0) is 4.79 Å². The Morgan fingerprint density at radius 2 is 1.94 bits per heavy atom. The number of aromatic nitrogens is 2. The molecule has 0 spiro atoms. The second kappa shape index (κ2) is 9.32. The molecule has 0 aliphatic heterocycles. The van der Waals surface area contributed by atoms with Crippen molar-refractivity contribution in [3.63, 3.8) is 0 Å². The normalized spacial score (nSPS) is 14.7. The van der Waals surface area contributed by atoms with Crippen molar-refractivity contribution in [1.29, 1.82) is 5.26 Å². The topological polar surface area (TPSA) is 89.8 Å². The van der Waals surface area contributed by atoms with Crippen molar-refractivity contribution >= 4 is 45.4 Å². The minimum absolute atomic E-state index is 0.338. The van der Waals surface area contributed by atoms with Crippen LogP contribution in [0.5, 0.6) is 0 Å². The number of carboxylic acid groups (broad SMARTS) is 1. The maximum atomic E-state index is 14.4. The minimum Gasteiger partial charge on any atom is -0.478 e. The molecule has 35 heavy (non-hydrogen) atoms. The molecular weight excluding hydrogens is 461 g/mol. The molecule has 1 fully saturated rings. The standard InChI is InChI=1S/C28H22FN3O2S/c1-16-13-21(15-30)35-27(16)26(18-3-2-4-18)25(19-8-5-17(6-9-19)7-12-24(33)34)20-10-11-23-22(14-20)28(29)32-31-23/h5-14,18H,2-4H2,1H3,(H,31,32)(H,33,34). The van der Waals surface area contributed by atoms with Crippen LogP contribution in [0.2, 0.25) is 0 Å².